The van der Waals surface area contributed by atoms with Crippen LogP contribution in [0.3, 0.4) is 0 Å². The molecular weight excluding hydrogens is 210 g/mol. The average molecular weight is 239 g/mol. The minimum Gasteiger partial charge on any atom is -0.373 e. The smallest absolute Gasteiger partial charge is 0.0737 e. The maximum Gasteiger partial charge on any atom is 0.0737 e. The summed E-state index contributed by atoms with van der Waals surface area (Å²) in [6, 6.07) is 0.553. The van der Waals surface area contributed by atoms with E-state index in [0.717, 1.165) is 6.54 Å². The van der Waals surface area contributed by atoms with Gasteiger partial charge in [0.15, 0.2) is 0 Å². The fourth-order valence-corrected chi connectivity index (χ4v) is 3.19. The largest absolute Gasteiger partial charge is 0.373 e. The van der Waals surface area contributed by atoms with Crippen LogP contribution in [0, 0.1) is 5.41 Å². The van der Waals surface area contributed by atoms with Gasteiger partial charge >= 0.3 is 0 Å². The Morgan fingerprint density at radius 2 is 1.94 bits per heavy atom. The van der Waals surface area contributed by atoms with Gasteiger partial charge in [0.05, 0.1) is 12.2 Å². The molecular formula is C15H29NO. The lowest BCUT2D eigenvalue weighted by atomic mass is 9.71. The van der Waals surface area contributed by atoms with Gasteiger partial charge in [0.2, 0.25) is 0 Å². The van der Waals surface area contributed by atoms with E-state index in [1.165, 1.54) is 44.9 Å². The highest BCUT2D eigenvalue weighted by molar-refractivity contribution is 4.95. The Morgan fingerprint density at radius 1 is 1.18 bits per heavy atom. The van der Waals surface area contributed by atoms with Crippen molar-refractivity contribution >= 4 is 0 Å². The molecule has 0 bridgehead atoms. The highest BCUT2D eigenvalue weighted by Crippen LogP contribution is 2.38. The van der Waals surface area contributed by atoms with E-state index in [-0.39, 0.29) is 0 Å². The van der Waals surface area contributed by atoms with Crippen LogP contribution in [0.2, 0.25) is 0 Å². The van der Waals surface area contributed by atoms with Crippen molar-refractivity contribution in [2.24, 2.45) is 5.41 Å². The van der Waals surface area contributed by atoms with E-state index in [1.54, 1.807) is 0 Å². The van der Waals surface area contributed by atoms with Gasteiger partial charge in [0.25, 0.3) is 0 Å². The second kappa shape index (κ2) is 5.71. The molecule has 17 heavy (non-hydrogen) atoms. The summed E-state index contributed by atoms with van der Waals surface area (Å²) in [5, 5.41) is 3.74. The van der Waals surface area contributed by atoms with Crippen molar-refractivity contribution in [3.63, 3.8) is 0 Å². The number of hydrogen-bond donors (Lipinski definition) is 1. The first-order chi connectivity index (χ1) is 8.13. The highest BCUT2D eigenvalue weighted by atomic mass is 16.5. The normalized spacial score (nSPS) is 33.4. The molecule has 2 rings (SSSR count). The van der Waals surface area contributed by atoms with E-state index in [0.29, 0.717) is 23.7 Å². The van der Waals surface area contributed by atoms with Crippen molar-refractivity contribution in [1.29, 1.82) is 0 Å². The van der Waals surface area contributed by atoms with Gasteiger partial charge in [-0.1, -0.05) is 27.2 Å². The summed E-state index contributed by atoms with van der Waals surface area (Å²) in [4.78, 5) is 0. The summed E-state index contributed by atoms with van der Waals surface area (Å²) in [7, 11) is 0. The van der Waals surface area contributed by atoms with Gasteiger partial charge in [-0.15, -0.1) is 0 Å². The van der Waals surface area contributed by atoms with Crippen LogP contribution in [-0.2, 0) is 4.74 Å². The van der Waals surface area contributed by atoms with Crippen molar-refractivity contribution in [3.8, 4) is 0 Å². The molecule has 0 aliphatic heterocycles. The Bertz CT molecular complexity index is 235. The van der Waals surface area contributed by atoms with E-state index < -0.39 is 0 Å². The molecule has 0 heterocycles. The Labute approximate surface area is 107 Å². The second-order valence-corrected chi connectivity index (χ2v) is 6.54. The first kappa shape index (κ1) is 13.4. The third-order valence-electron chi connectivity index (χ3n) is 4.56. The summed E-state index contributed by atoms with van der Waals surface area (Å²) in [5.74, 6) is 0. The van der Waals surface area contributed by atoms with Gasteiger partial charge in [-0.2, -0.15) is 0 Å². The van der Waals surface area contributed by atoms with Crippen LogP contribution in [0.25, 0.3) is 0 Å². The predicted molar refractivity (Wildman–Crippen MR) is 72.2 cm³/mol. The predicted octanol–water partition coefficient (Wildman–Crippen LogP) is 3.50. The van der Waals surface area contributed by atoms with Crippen molar-refractivity contribution in [3.05, 3.63) is 0 Å². The molecule has 2 fully saturated rings. The molecule has 2 aliphatic carbocycles. The molecule has 2 heteroatoms. The monoisotopic (exact) mass is 239 g/mol. The van der Waals surface area contributed by atoms with Crippen LogP contribution >= 0.6 is 0 Å². The van der Waals surface area contributed by atoms with Gasteiger partial charge in [0, 0.05) is 6.04 Å². The Kier molecular flexibility index (Phi) is 4.48. The lowest BCUT2D eigenvalue weighted by Crippen LogP contribution is -2.54. The van der Waals surface area contributed by atoms with E-state index in [4.69, 9.17) is 4.74 Å². The number of hydrogen-bond acceptors (Lipinski definition) is 2. The first-order valence-corrected chi connectivity index (χ1v) is 7.52. The van der Waals surface area contributed by atoms with Gasteiger partial charge in [-0.25, -0.2) is 0 Å². The molecule has 2 nitrogen and oxygen atoms in total. The quantitative estimate of drug-likeness (QED) is 0.793. The molecule has 1 N–H and O–H groups in total. The first-order valence-electron chi connectivity index (χ1n) is 7.52. The minimum atomic E-state index is 0.391. The second-order valence-electron chi connectivity index (χ2n) is 6.54. The molecule has 0 radical (unpaired) electrons. The van der Waals surface area contributed by atoms with Gasteiger partial charge in [0.1, 0.15) is 0 Å². The third-order valence-corrected chi connectivity index (χ3v) is 4.56. The zero-order valence-electron chi connectivity index (χ0n) is 11.8. The van der Waals surface area contributed by atoms with Crippen LogP contribution < -0.4 is 5.32 Å². The molecule has 0 aromatic rings. The highest BCUT2D eigenvalue weighted by Gasteiger charge is 2.40. The van der Waals surface area contributed by atoms with E-state index >= 15 is 0 Å². The lowest BCUT2D eigenvalue weighted by molar-refractivity contribution is -0.101. The molecule has 100 valence electrons. The molecule has 0 aromatic heterocycles. The summed E-state index contributed by atoms with van der Waals surface area (Å²) in [6.07, 6.45) is 10.1. The maximum absolute atomic E-state index is 6.31. The maximum atomic E-state index is 6.31. The van der Waals surface area contributed by atoms with Crippen molar-refractivity contribution in [2.45, 2.75) is 84.0 Å². The fraction of sp³-hybridized carbons (Fsp3) is 1.00. The molecule has 2 saturated carbocycles. The van der Waals surface area contributed by atoms with E-state index in [1.807, 2.05) is 0 Å². The topological polar surface area (TPSA) is 21.3 Å². The van der Waals surface area contributed by atoms with Crippen LogP contribution in [0.1, 0.15) is 65.7 Å². The molecule has 2 atom stereocenters. The van der Waals surface area contributed by atoms with Gasteiger partial charge in [-0.3, -0.25) is 0 Å². The molecule has 2 unspecified atom stereocenters. The van der Waals surface area contributed by atoms with Crippen molar-refractivity contribution in [1.82, 2.24) is 5.32 Å². The van der Waals surface area contributed by atoms with Gasteiger partial charge < -0.3 is 10.1 Å². The lowest BCUT2D eigenvalue weighted by Gasteiger charge is -2.46. The molecule has 0 amide bonds. The van der Waals surface area contributed by atoms with Crippen molar-refractivity contribution < 1.29 is 4.74 Å². The van der Waals surface area contributed by atoms with Gasteiger partial charge in [-0.05, 0) is 50.5 Å². The van der Waals surface area contributed by atoms with Crippen molar-refractivity contribution in [2.75, 3.05) is 6.54 Å². The van der Waals surface area contributed by atoms with Crippen LogP contribution in [0.5, 0.6) is 0 Å². The van der Waals surface area contributed by atoms with Crippen LogP contribution in [0.4, 0.5) is 0 Å². The SMILES string of the molecule is CCCNC1C(OC2CCC2)CCCC1(C)C. The van der Waals surface area contributed by atoms with Crippen LogP contribution in [-0.4, -0.2) is 24.8 Å². The van der Waals surface area contributed by atoms with Crippen LogP contribution in [0.15, 0.2) is 0 Å². The van der Waals surface area contributed by atoms with E-state index in [9.17, 15) is 0 Å². The number of ether oxygens (including phenoxy) is 1. The minimum absolute atomic E-state index is 0.391. The summed E-state index contributed by atoms with van der Waals surface area (Å²) >= 11 is 0. The summed E-state index contributed by atoms with van der Waals surface area (Å²) in [6.45, 7) is 8.16. The Balaban J connectivity index is 1.94. The number of nitrogens with one attached hydrogen (secondary N) is 1. The Morgan fingerprint density at radius 3 is 2.53 bits per heavy atom. The zero-order valence-corrected chi connectivity index (χ0v) is 11.8. The average Bonchev–Trinajstić information content (AvgIpc) is 2.21. The molecule has 0 spiro atoms. The molecule has 0 aromatic carbocycles. The fourth-order valence-electron chi connectivity index (χ4n) is 3.19. The molecule has 0 saturated heterocycles. The zero-order chi connectivity index (χ0) is 12.3. The third kappa shape index (κ3) is 3.23. The Hall–Kier alpha value is -0.0800. The standard InChI is InChI=1S/C15H29NO/c1-4-11-16-14-13(17-12-7-5-8-12)9-6-10-15(14,2)3/h12-14,16H,4-11H2,1-3H3. The number of rotatable bonds is 5. The summed E-state index contributed by atoms with van der Waals surface area (Å²) in [5.41, 5.74) is 0.391. The summed E-state index contributed by atoms with van der Waals surface area (Å²) < 4.78 is 6.31. The van der Waals surface area contributed by atoms with E-state index in [2.05, 4.69) is 26.1 Å². The molecule has 2 aliphatic rings.